The average molecular weight is 296 g/mol. The molecule has 1 aromatic carbocycles. The second-order valence-corrected chi connectivity index (χ2v) is 5.31. The first-order valence-corrected chi connectivity index (χ1v) is 6.51. The van der Waals surface area contributed by atoms with Crippen LogP contribution in [0.15, 0.2) is 27.1 Å². The topological polar surface area (TPSA) is 32.5 Å². The summed E-state index contributed by atoms with van der Waals surface area (Å²) in [6, 6.07) is 6.65. The number of rotatable bonds is 1. The molecule has 2 heterocycles. The number of nitrogens with zero attached hydrogens (tertiary/aromatic N) is 3. The third-order valence-electron chi connectivity index (χ3n) is 3.11. The Morgan fingerprint density at radius 1 is 1.24 bits per heavy atom. The average Bonchev–Trinajstić information content (AvgIpc) is 2.72. The minimum Gasteiger partial charge on any atom is -0.423 e. The zero-order valence-electron chi connectivity index (χ0n) is 9.69. The van der Waals surface area contributed by atoms with E-state index < -0.39 is 0 Å². The zero-order chi connectivity index (χ0) is 11.8. The van der Waals surface area contributed by atoms with Crippen LogP contribution in [0.5, 0.6) is 0 Å². The van der Waals surface area contributed by atoms with Crippen LogP contribution < -0.4 is 4.90 Å². The predicted octanol–water partition coefficient (Wildman–Crippen LogP) is 2.34. The van der Waals surface area contributed by atoms with Crippen molar-refractivity contribution >= 4 is 33.0 Å². The van der Waals surface area contributed by atoms with E-state index in [-0.39, 0.29) is 0 Å². The molecule has 1 aliphatic heterocycles. The fraction of sp³-hybridized carbons (Fsp3) is 0.417. The number of hydrogen-bond acceptors (Lipinski definition) is 4. The Kier molecular flexibility index (Phi) is 2.80. The molecule has 2 aromatic rings. The summed E-state index contributed by atoms with van der Waals surface area (Å²) >= 11 is 3.44. The van der Waals surface area contributed by atoms with Crippen molar-refractivity contribution in [1.82, 2.24) is 9.88 Å². The standard InChI is InChI=1S/C12H14BrN3O/c1-15-4-6-16(7-5-15)12-14-10-8-9(13)2-3-11(10)17-12/h2-3,8H,4-7H2,1H3. The molecule has 0 atom stereocenters. The Labute approximate surface area is 108 Å². The first kappa shape index (κ1) is 11.0. The SMILES string of the molecule is CN1CCN(c2nc3cc(Br)ccc3o2)CC1. The van der Waals surface area contributed by atoms with Gasteiger partial charge < -0.3 is 14.2 Å². The summed E-state index contributed by atoms with van der Waals surface area (Å²) in [6.45, 7) is 4.07. The number of oxazole rings is 1. The normalized spacial score (nSPS) is 17.9. The summed E-state index contributed by atoms with van der Waals surface area (Å²) in [5.41, 5.74) is 1.76. The van der Waals surface area contributed by atoms with Crippen LogP contribution in [0.2, 0.25) is 0 Å². The van der Waals surface area contributed by atoms with E-state index in [0.717, 1.165) is 47.8 Å². The Bertz CT molecular complexity index is 532. The van der Waals surface area contributed by atoms with Gasteiger partial charge in [0.2, 0.25) is 0 Å². The molecule has 1 aliphatic rings. The molecule has 0 saturated carbocycles. The molecule has 1 fully saturated rings. The van der Waals surface area contributed by atoms with Gasteiger partial charge in [-0.2, -0.15) is 4.98 Å². The number of hydrogen-bond donors (Lipinski definition) is 0. The van der Waals surface area contributed by atoms with Gasteiger partial charge in [0.25, 0.3) is 6.01 Å². The van der Waals surface area contributed by atoms with Crippen LogP contribution in [-0.4, -0.2) is 43.1 Å². The lowest BCUT2D eigenvalue weighted by Crippen LogP contribution is -2.44. The van der Waals surface area contributed by atoms with Crippen LogP contribution in [0, 0.1) is 0 Å². The highest BCUT2D eigenvalue weighted by atomic mass is 79.9. The van der Waals surface area contributed by atoms with Crippen molar-refractivity contribution in [2.24, 2.45) is 0 Å². The molecule has 3 rings (SSSR count). The van der Waals surface area contributed by atoms with E-state index >= 15 is 0 Å². The van der Waals surface area contributed by atoms with Crippen LogP contribution in [0.4, 0.5) is 6.01 Å². The van der Waals surface area contributed by atoms with E-state index in [2.05, 4.69) is 37.8 Å². The van der Waals surface area contributed by atoms with Gasteiger partial charge in [-0.15, -0.1) is 0 Å². The number of benzene rings is 1. The summed E-state index contributed by atoms with van der Waals surface area (Å²) in [4.78, 5) is 9.05. The van der Waals surface area contributed by atoms with Crippen LogP contribution in [0.3, 0.4) is 0 Å². The van der Waals surface area contributed by atoms with Crippen LogP contribution in [0.25, 0.3) is 11.1 Å². The molecule has 0 unspecified atom stereocenters. The lowest BCUT2D eigenvalue weighted by Gasteiger charge is -2.31. The third-order valence-corrected chi connectivity index (χ3v) is 3.61. The second-order valence-electron chi connectivity index (χ2n) is 4.40. The summed E-state index contributed by atoms with van der Waals surface area (Å²) < 4.78 is 6.80. The predicted molar refractivity (Wildman–Crippen MR) is 71.4 cm³/mol. The Morgan fingerprint density at radius 2 is 2.00 bits per heavy atom. The molecule has 1 saturated heterocycles. The highest BCUT2D eigenvalue weighted by molar-refractivity contribution is 9.10. The van der Waals surface area contributed by atoms with Crippen LogP contribution in [0.1, 0.15) is 0 Å². The maximum absolute atomic E-state index is 5.77. The van der Waals surface area contributed by atoms with E-state index in [0.29, 0.717) is 0 Å². The smallest absolute Gasteiger partial charge is 0.298 e. The van der Waals surface area contributed by atoms with Crippen molar-refractivity contribution in [3.05, 3.63) is 22.7 Å². The van der Waals surface area contributed by atoms with Gasteiger partial charge in [-0.25, -0.2) is 0 Å². The van der Waals surface area contributed by atoms with Crippen molar-refractivity contribution in [1.29, 1.82) is 0 Å². The summed E-state index contributed by atoms with van der Waals surface area (Å²) in [7, 11) is 2.14. The molecular formula is C12H14BrN3O. The van der Waals surface area contributed by atoms with E-state index in [9.17, 15) is 0 Å². The van der Waals surface area contributed by atoms with Crippen molar-refractivity contribution in [3.8, 4) is 0 Å². The summed E-state index contributed by atoms with van der Waals surface area (Å²) in [5.74, 6) is 0. The molecule has 0 N–H and O–H groups in total. The van der Waals surface area contributed by atoms with Crippen molar-refractivity contribution in [3.63, 3.8) is 0 Å². The molecule has 0 aliphatic carbocycles. The molecular weight excluding hydrogens is 282 g/mol. The van der Waals surface area contributed by atoms with Crippen molar-refractivity contribution in [2.45, 2.75) is 0 Å². The molecule has 1 aromatic heterocycles. The minimum absolute atomic E-state index is 0.742. The van der Waals surface area contributed by atoms with Crippen LogP contribution >= 0.6 is 15.9 Å². The molecule has 0 bridgehead atoms. The van der Waals surface area contributed by atoms with Gasteiger partial charge in [0, 0.05) is 30.7 Å². The second kappa shape index (κ2) is 4.31. The van der Waals surface area contributed by atoms with E-state index in [1.807, 2.05) is 18.2 Å². The van der Waals surface area contributed by atoms with E-state index in [4.69, 9.17) is 4.42 Å². The maximum Gasteiger partial charge on any atom is 0.298 e. The van der Waals surface area contributed by atoms with Gasteiger partial charge in [0.1, 0.15) is 5.52 Å². The molecule has 4 nitrogen and oxygen atoms in total. The monoisotopic (exact) mass is 295 g/mol. The van der Waals surface area contributed by atoms with Gasteiger partial charge in [0.15, 0.2) is 5.58 Å². The minimum atomic E-state index is 0.742. The largest absolute Gasteiger partial charge is 0.423 e. The zero-order valence-corrected chi connectivity index (χ0v) is 11.3. The quantitative estimate of drug-likeness (QED) is 0.808. The molecule has 90 valence electrons. The van der Waals surface area contributed by atoms with E-state index in [1.54, 1.807) is 0 Å². The summed E-state index contributed by atoms with van der Waals surface area (Å²) in [6.07, 6.45) is 0. The van der Waals surface area contributed by atoms with Crippen LogP contribution in [-0.2, 0) is 0 Å². The lowest BCUT2D eigenvalue weighted by atomic mass is 10.3. The van der Waals surface area contributed by atoms with E-state index in [1.165, 1.54) is 0 Å². The number of piperazine rings is 1. The lowest BCUT2D eigenvalue weighted by molar-refractivity contribution is 0.305. The highest BCUT2D eigenvalue weighted by Crippen LogP contribution is 2.25. The first-order valence-electron chi connectivity index (χ1n) is 5.72. The Balaban J connectivity index is 1.90. The number of fused-ring (bicyclic) bond motifs is 1. The molecule has 0 radical (unpaired) electrons. The number of anilines is 1. The molecule has 0 spiro atoms. The fourth-order valence-corrected chi connectivity index (χ4v) is 2.37. The maximum atomic E-state index is 5.77. The Morgan fingerprint density at radius 3 is 2.76 bits per heavy atom. The van der Waals surface area contributed by atoms with Gasteiger partial charge >= 0.3 is 0 Å². The van der Waals surface area contributed by atoms with Crippen molar-refractivity contribution < 1.29 is 4.42 Å². The third kappa shape index (κ3) is 2.17. The summed E-state index contributed by atoms with van der Waals surface area (Å²) in [5, 5.41) is 0. The number of likely N-dealkylation sites (N-methyl/N-ethyl adjacent to an activating group) is 1. The Hall–Kier alpha value is -1.07. The number of aromatic nitrogens is 1. The molecule has 5 heteroatoms. The van der Waals surface area contributed by atoms with Crippen molar-refractivity contribution in [2.75, 3.05) is 38.1 Å². The van der Waals surface area contributed by atoms with Gasteiger partial charge in [0.05, 0.1) is 0 Å². The van der Waals surface area contributed by atoms with Gasteiger partial charge in [-0.05, 0) is 25.2 Å². The first-order chi connectivity index (χ1) is 8.22. The molecule has 0 amide bonds. The highest BCUT2D eigenvalue weighted by Gasteiger charge is 2.18. The molecule has 17 heavy (non-hydrogen) atoms. The fourth-order valence-electron chi connectivity index (χ4n) is 2.02. The van der Waals surface area contributed by atoms with Gasteiger partial charge in [-0.1, -0.05) is 15.9 Å². The van der Waals surface area contributed by atoms with Gasteiger partial charge in [-0.3, -0.25) is 0 Å². The number of halogens is 1.